The Bertz CT molecular complexity index is 420. The molecule has 7 heteroatoms. The summed E-state index contributed by atoms with van der Waals surface area (Å²) in [5.74, 6) is 0.0493. The van der Waals surface area contributed by atoms with Crippen LogP contribution < -0.4 is 16.4 Å². The van der Waals surface area contributed by atoms with E-state index in [0.29, 0.717) is 23.2 Å². The van der Waals surface area contributed by atoms with E-state index in [1.165, 1.54) is 11.3 Å². The Kier molecular flexibility index (Phi) is 6.04. The lowest BCUT2D eigenvalue weighted by Gasteiger charge is -2.12. The van der Waals surface area contributed by atoms with Gasteiger partial charge in [0.05, 0.1) is 6.61 Å². The topological polar surface area (TPSA) is 89.3 Å². The minimum absolute atomic E-state index is 0.0598. The van der Waals surface area contributed by atoms with E-state index in [2.05, 4.69) is 15.6 Å². The molecule has 1 rings (SSSR count). The van der Waals surface area contributed by atoms with Crippen molar-refractivity contribution in [1.82, 2.24) is 10.3 Å². The predicted octanol–water partition coefficient (Wildman–Crippen LogP) is 1.70. The van der Waals surface area contributed by atoms with Crippen LogP contribution in [0.15, 0.2) is 0 Å². The molecule has 0 bridgehead atoms. The number of aromatic nitrogens is 1. The van der Waals surface area contributed by atoms with Crippen molar-refractivity contribution in [3.8, 4) is 0 Å². The second kappa shape index (κ2) is 7.30. The molecule has 4 N–H and O–H groups in total. The van der Waals surface area contributed by atoms with Crippen LogP contribution >= 0.6 is 11.3 Å². The first-order valence-electron chi connectivity index (χ1n) is 6.35. The molecular weight excluding hydrogens is 264 g/mol. The van der Waals surface area contributed by atoms with E-state index in [1.54, 1.807) is 0 Å². The van der Waals surface area contributed by atoms with Crippen LogP contribution in [-0.4, -0.2) is 36.2 Å². The van der Waals surface area contributed by atoms with Gasteiger partial charge in [-0.1, -0.05) is 11.3 Å². The SMILES string of the molecule is CCOCC(C)NC(=O)c1sc(NC(C)C)nc1N. The summed E-state index contributed by atoms with van der Waals surface area (Å²) in [6, 6.07) is 0.189. The van der Waals surface area contributed by atoms with Crippen LogP contribution in [0.2, 0.25) is 0 Å². The Labute approximate surface area is 117 Å². The van der Waals surface area contributed by atoms with Gasteiger partial charge in [0.2, 0.25) is 0 Å². The van der Waals surface area contributed by atoms with Crippen molar-refractivity contribution in [3.63, 3.8) is 0 Å². The number of nitrogen functional groups attached to an aromatic ring is 1. The molecule has 0 aliphatic heterocycles. The molecule has 1 aromatic heterocycles. The molecule has 1 heterocycles. The van der Waals surface area contributed by atoms with Crippen molar-refractivity contribution in [2.45, 2.75) is 39.8 Å². The van der Waals surface area contributed by atoms with Gasteiger partial charge in [-0.15, -0.1) is 0 Å². The van der Waals surface area contributed by atoms with Gasteiger partial charge in [-0.25, -0.2) is 4.98 Å². The van der Waals surface area contributed by atoms with Crippen molar-refractivity contribution < 1.29 is 9.53 Å². The van der Waals surface area contributed by atoms with Crippen LogP contribution in [0.5, 0.6) is 0 Å². The Morgan fingerprint density at radius 2 is 2.16 bits per heavy atom. The molecule has 0 fully saturated rings. The van der Waals surface area contributed by atoms with E-state index >= 15 is 0 Å². The Morgan fingerprint density at radius 1 is 1.47 bits per heavy atom. The largest absolute Gasteiger partial charge is 0.382 e. The molecule has 1 amide bonds. The first kappa shape index (κ1) is 15.7. The van der Waals surface area contributed by atoms with Crippen LogP contribution in [0, 0.1) is 0 Å². The average Bonchev–Trinajstić information content (AvgIpc) is 2.66. The number of ether oxygens (including phenoxy) is 1. The molecule has 1 unspecified atom stereocenters. The number of nitrogens with zero attached hydrogens (tertiary/aromatic N) is 1. The van der Waals surface area contributed by atoms with Crippen molar-refractivity contribution in [1.29, 1.82) is 0 Å². The molecule has 0 aromatic carbocycles. The summed E-state index contributed by atoms with van der Waals surface area (Å²) in [4.78, 5) is 16.6. The van der Waals surface area contributed by atoms with Crippen molar-refractivity contribution in [2.75, 3.05) is 24.3 Å². The minimum atomic E-state index is -0.209. The molecule has 0 saturated carbocycles. The third-order valence-electron chi connectivity index (χ3n) is 2.22. The lowest BCUT2D eigenvalue weighted by atomic mass is 10.3. The second-order valence-electron chi connectivity index (χ2n) is 4.57. The fourth-order valence-corrected chi connectivity index (χ4v) is 2.36. The van der Waals surface area contributed by atoms with Crippen LogP contribution in [0.3, 0.4) is 0 Å². The van der Waals surface area contributed by atoms with Gasteiger partial charge in [0.25, 0.3) is 5.91 Å². The quantitative estimate of drug-likeness (QED) is 0.710. The number of carbonyl (C=O) groups is 1. The molecule has 1 aromatic rings. The Balaban J connectivity index is 2.63. The summed E-state index contributed by atoms with van der Waals surface area (Å²) in [7, 11) is 0. The lowest BCUT2D eigenvalue weighted by Crippen LogP contribution is -2.35. The highest BCUT2D eigenvalue weighted by Crippen LogP contribution is 2.25. The second-order valence-corrected chi connectivity index (χ2v) is 5.57. The Hall–Kier alpha value is -1.34. The van der Waals surface area contributed by atoms with Crippen LogP contribution in [0.25, 0.3) is 0 Å². The summed E-state index contributed by atoms with van der Waals surface area (Å²) in [6.07, 6.45) is 0. The zero-order chi connectivity index (χ0) is 14.4. The Morgan fingerprint density at radius 3 is 2.74 bits per heavy atom. The number of hydrogen-bond donors (Lipinski definition) is 3. The van der Waals surface area contributed by atoms with E-state index in [4.69, 9.17) is 10.5 Å². The predicted molar refractivity (Wildman–Crippen MR) is 78.7 cm³/mol. The summed E-state index contributed by atoms with van der Waals surface area (Å²) in [5.41, 5.74) is 5.76. The zero-order valence-corrected chi connectivity index (χ0v) is 12.6. The van der Waals surface area contributed by atoms with Crippen LogP contribution in [0.1, 0.15) is 37.4 Å². The third-order valence-corrected chi connectivity index (χ3v) is 3.22. The van der Waals surface area contributed by atoms with Crippen LogP contribution in [0.4, 0.5) is 10.9 Å². The monoisotopic (exact) mass is 286 g/mol. The molecule has 0 radical (unpaired) electrons. The lowest BCUT2D eigenvalue weighted by molar-refractivity contribution is 0.0876. The molecule has 6 nitrogen and oxygen atoms in total. The number of amides is 1. The van der Waals surface area contributed by atoms with Gasteiger partial charge in [0.1, 0.15) is 10.7 Å². The molecule has 19 heavy (non-hydrogen) atoms. The summed E-state index contributed by atoms with van der Waals surface area (Å²) in [6.45, 7) is 8.92. The van der Waals surface area contributed by atoms with Gasteiger partial charge in [-0.05, 0) is 27.7 Å². The molecule has 1 atom stereocenters. The number of rotatable bonds is 7. The van der Waals surface area contributed by atoms with Crippen molar-refractivity contribution in [2.24, 2.45) is 0 Å². The van der Waals surface area contributed by atoms with Crippen LogP contribution in [-0.2, 0) is 4.74 Å². The van der Waals surface area contributed by atoms with E-state index in [9.17, 15) is 4.79 Å². The smallest absolute Gasteiger partial charge is 0.265 e. The fourth-order valence-electron chi connectivity index (χ4n) is 1.43. The normalized spacial score (nSPS) is 12.5. The van der Waals surface area contributed by atoms with E-state index in [-0.39, 0.29) is 23.8 Å². The molecule has 108 valence electrons. The van der Waals surface area contributed by atoms with Gasteiger partial charge in [0, 0.05) is 18.7 Å². The summed E-state index contributed by atoms with van der Waals surface area (Å²) < 4.78 is 5.25. The van der Waals surface area contributed by atoms with Gasteiger partial charge in [-0.3, -0.25) is 4.79 Å². The third kappa shape index (κ3) is 5.04. The fraction of sp³-hybridized carbons (Fsp3) is 0.667. The average molecular weight is 286 g/mol. The number of anilines is 2. The van der Waals surface area contributed by atoms with Gasteiger partial charge >= 0.3 is 0 Å². The maximum absolute atomic E-state index is 12.0. The van der Waals surface area contributed by atoms with E-state index < -0.39 is 0 Å². The number of carbonyl (C=O) groups excluding carboxylic acids is 1. The highest BCUT2D eigenvalue weighted by molar-refractivity contribution is 7.18. The van der Waals surface area contributed by atoms with Crippen molar-refractivity contribution >= 4 is 28.2 Å². The first-order chi connectivity index (χ1) is 8.93. The number of nitrogens with one attached hydrogen (secondary N) is 2. The highest BCUT2D eigenvalue weighted by atomic mass is 32.1. The molecule has 0 spiro atoms. The van der Waals surface area contributed by atoms with E-state index in [1.807, 2.05) is 27.7 Å². The minimum Gasteiger partial charge on any atom is -0.382 e. The first-order valence-corrected chi connectivity index (χ1v) is 7.17. The number of hydrogen-bond acceptors (Lipinski definition) is 6. The summed E-state index contributed by atoms with van der Waals surface area (Å²) >= 11 is 1.26. The molecule has 0 aliphatic carbocycles. The van der Waals surface area contributed by atoms with Gasteiger partial charge in [0.15, 0.2) is 5.13 Å². The highest BCUT2D eigenvalue weighted by Gasteiger charge is 2.18. The van der Waals surface area contributed by atoms with E-state index in [0.717, 1.165) is 0 Å². The number of thiazole rings is 1. The molecule has 0 saturated heterocycles. The van der Waals surface area contributed by atoms with Crippen molar-refractivity contribution in [3.05, 3.63) is 4.88 Å². The van der Waals surface area contributed by atoms with Gasteiger partial charge in [-0.2, -0.15) is 0 Å². The molecular formula is C12H22N4O2S. The molecule has 0 aliphatic rings. The summed E-state index contributed by atoms with van der Waals surface area (Å²) in [5, 5.41) is 6.63. The standard InChI is InChI=1S/C12H22N4O2S/c1-5-18-6-8(4)15-11(17)9-10(13)16-12(19-9)14-7(2)3/h7-8H,5-6,13H2,1-4H3,(H,14,16)(H,15,17). The maximum atomic E-state index is 12.0. The maximum Gasteiger partial charge on any atom is 0.265 e. The number of nitrogens with two attached hydrogens (primary N) is 1. The van der Waals surface area contributed by atoms with Gasteiger partial charge < -0.3 is 21.1 Å². The zero-order valence-electron chi connectivity index (χ0n) is 11.8.